The highest BCUT2D eigenvalue weighted by molar-refractivity contribution is 7.85. The van der Waals surface area contributed by atoms with Crippen LogP contribution in [-0.4, -0.2) is 74.9 Å². The third kappa shape index (κ3) is 5.25. The highest BCUT2D eigenvalue weighted by Gasteiger charge is 2.26. The fourth-order valence-electron chi connectivity index (χ4n) is 2.04. The SMILES string of the molecule is CN1CC[N+](C)(CCCCS(=O)(=O)[O-])CC1. The maximum Gasteiger partial charge on any atom is 0.0945 e. The summed E-state index contributed by atoms with van der Waals surface area (Å²) in [6.45, 7) is 5.39. The molecule has 0 atom stereocenters. The second-order valence-corrected chi connectivity index (χ2v) is 6.59. The smallest absolute Gasteiger partial charge is 0.0945 e. The van der Waals surface area contributed by atoms with Gasteiger partial charge in [0.25, 0.3) is 0 Å². The van der Waals surface area contributed by atoms with E-state index in [1.54, 1.807) is 0 Å². The van der Waals surface area contributed by atoms with Gasteiger partial charge in [0.05, 0.1) is 36.8 Å². The van der Waals surface area contributed by atoms with Crippen molar-refractivity contribution in [3.63, 3.8) is 0 Å². The van der Waals surface area contributed by atoms with Gasteiger partial charge in [0.2, 0.25) is 0 Å². The van der Waals surface area contributed by atoms with Crippen molar-refractivity contribution in [1.82, 2.24) is 4.90 Å². The topological polar surface area (TPSA) is 60.4 Å². The Hall–Kier alpha value is -0.170. The molecule has 0 aromatic rings. The van der Waals surface area contributed by atoms with E-state index in [-0.39, 0.29) is 5.75 Å². The first kappa shape index (κ1) is 13.9. The molecule has 0 radical (unpaired) electrons. The Bertz CT molecular complexity index is 308. The molecule has 0 bridgehead atoms. The highest BCUT2D eigenvalue weighted by Crippen LogP contribution is 2.11. The zero-order valence-electron chi connectivity index (χ0n) is 10.2. The molecule has 0 spiro atoms. The van der Waals surface area contributed by atoms with E-state index < -0.39 is 10.1 Å². The van der Waals surface area contributed by atoms with Crippen molar-refractivity contribution in [3.05, 3.63) is 0 Å². The number of piperazine rings is 1. The van der Waals surface area contributed by atoms with Gasteiger partial charge in [-0.05, 0) is 19.9 Å². The molecule has 1 aliphatic rings. The normalized spacial score (nSPS) is 22.2. The first-order valence-electron chi connectivity index (χ1n) is 5.76. The van der Waals surface area contributed by atoms with Gasteiger partial charge in [-0.25, -0.2) is 8.42 Å². The summed E-state index contributed by atoms with van der Waals surface area (Å²) < 4.78 is 32.3. The minimum atomic E-state index is -4.02. The van der Waals surface area contributed by atoms with Crippen LogP contribution in [-0.2, 0) is 10.1 Å². The van der Waals surface area contributed by atoms with Crippen LogP contribution in [0, 0.1) is 0 Å². The quantitative estimate of drug-likeness (QED) is 0.382. The summed E-state index contributed by atoms with van der Waals surface area (Å²) >= 11 is 0. The maximum absolute atomic E-state index is 10.4. The zero-order valence-corrected chi connectivity index (χ0v) is 11.0. The Morgan fingerprint density at radius 1 is 1.25 bits per heavy atom. The van der Waals surface area contributed by atoms with Gasteiger partial charge in [-0.1, -0.05) is 0 Å². The standard InChI is InChI=1S/C10H22N2O3S/c1-11-5-8-12(2,9-6-11)7-3-4-10-16(13,14)15/h3-10H2,1-2H3. The van der Waals surface area contributed by atoms with Crippen LogP contribution >= 0.6 is 0 Å². The van der Waals surface area contributed by atoms with Crippen LogP contribution in [0.4, 0.5) is 0 Å². The number of unbranched alkanes of at least 4 members (excludes halogenated alkanes) is 1. The average Bonchev–Trinajstić information content (AvgIpc) is 2.17. The van der Waals surface area contributed by atoms with Crippen molar-refractivity contribution in [2.45, 2.75) is 12.8 Å². The molecule has 0 saturated carbocycles. The third-order valence-corrected chi connectivity index (χ3v) is 4.17. The maximum atomic E-state index is 10.4. The summed E-state index contributed by atoms with van der Waals surface area (Å²) in [5.41, 5.74) is 0. The summed E-state index contributed by atoms with van der Waals surface area (Å²) in [5.74, 6) is -0.215. The van der Waals surface area contributed by atoms with Gasteiger partial charge in [0, 0.05) is 18.8 Å². The molecule has 1 saturated heterocycles. The number of likely N-dealkylation sites (N-methyl/N-ethyl adjacent to an activating group) is 2. The molecule has 0 unspecified atom stereocenters. The van der Waals surface area contributed by atoms with Crippen LogP contribution in [0.1, 0.15) is 12.8 Å². The van der Waals surface area contributed by atoms with Gasteiger partial charge in [-0.3, -0.25) is 4.90 Å². The molecule has 0 N–H and O–H groups in total. The Kier molecular flexibility index (Phi) is 4.73. The second kappa shape index (κ2) is 5.44. The van der Waals surface area contributed by atoms with Crippen molar-refractivity contribution < 1.29 is 17.5 Å². The first-order valence-corrected chi connectivity index (χ1v) is 7.34. The minimum Gasteiger partial charge on any atom is -0.748 e. The van der Waals surface area contributed by atoms with E-state index in [1.165, 1.54) is 0 Å². The molecule has 1 heterocycles. The summed E-state index contributed by atoms with van der Waals surface area (Å²) in [6, 6.07) is 0. The van der Waals surface area contributed by atoms with E-state index in [2.05, 4.69) is 19.0 Å². The van der Waals surface area contributed by atoms with Gasteiger partial charge >= 0.3 is 0 Å². The Balaban J connectivity index is 2.22. The van der Waals surface area contributed by atoms with Crippen LogP contribution in [0.25, 0.3) is 0 Å². The summed E-state index contributed by atoms with van der Waals surface area (Å²) in [4.78, 5) is 2.31. The lowest BCUT2D eigenvalue weighted by molar-refractivity contribution is -0.913. The molecule has 0 aromatic carbocycles. The zero-order chi connectivity index (χ0) is 12.2. The molecule has 6 heteroatoms. The number of nitrogens with zero attached hydrogens (tertiary/aromatic N) is 2. The largest absolute Gasteiger partial charge is 0.748 e. The van der Waals surface area contributed by atoms with Crippen LogP contribution in [0.2, 0.25) is 0 Å². The lowest BCUT2D eigenvalue weighted by Gasteiger charge is -2.41. The minimum absolute atomic E-state index is 0.215. The van der Waals surface area contributed by atoms with Crippen molar-refractivity contribution in [2.75, 3.05) is 52.6 Å². The molecule has 96 valence electrons. The lowest BCUT2D eigenvalue weighted by Crippen LogP contribution is -2.56. The lowest BCUT2D eigenvalue weighted by atomic mass is 10.2. The van der Waals surface area contributed by atoms with Crippen LogP contribution in [0.5, 0.6) is 0 Å². The fraction of sp³-hybridized carbons (Fsp3) is 1.00. The molecule has 0 aliphatic carbocycles. The van der Waals surface area contributed by atoms with Crippen molar-refractivity contribution in [2.24, 2.45) is 0 Å². The van der Waals surface area contributed by atoms with Gasteiger partial charge < -0.3 is 9.04 Å². The molecule has 1 aliphatic heterocycles. The molecule has 1 fully saturated rings. The Morgan fingerprint density at radius 2 is 1.81 bits per heavy atom. The molecule has 5 nitrogen and oxygen atoms in total. The highest BCUT2D eigenvalue weighted by atomic mass is 32.2. The predicted octanol–water partition coefficient (Wildman–Crippen LogP) is -0.296. The third-order valence-electron chi connectivity index (χ3n) is 3.39. The monoisotopic (exact) mass is 250 g/mol. The molecule has 0 aromatic heterocycles. The Labute approximate surface area is 98.4 Å². The molecule has 1 rings (SSSR count). The van der Waals surface area contributed by atoms with Gasteiger partial charge in [-0.15, -0.1) is 0 Å². The number of rotatable bonds is 5. The summed E-state index contributed by atoms with van der Waals surface area (Å²) in [7, 11) is 0.305. The van der Waals surface area contributed by atoms with Gasteiger partial charge in [0.1, 0.15) is 0 Å². The molecule has 16 heavy (non-hydrogen) atoms. The van der Waals surface area contributed by atoms with Crippen molar-refractivity contribution in [1.29, 1.82) is 0 Å². The molecule has 0 amide bonds. The van der Waals surface area contributed by atoms with E-state index >= 15 is 0 Å². The number of hydrogen-bond acceptors (Lipinski definition) is 4. The number of quaternary nitrogens is 1. The van der Waals surface area contributed by atoms with E-state index in [0.29, 0.717) is 6.42 Å². The second-order valence-electron chi connectivity index (χ2n) is 5.06. The molecular weight excluding hydrogens is 228 g/mol. The van der Waals surface area contributed by atoms with Crippen LogP contribution in [0.15, 0.2) is 0 Å². The van der Waals surface area contributed by atoms with Crippen molar-refractivity contribution in [3.8, 4) is 0 Å². The van der Waals surface area contributed by atoms with Gasteiger partial charge in [-0.2, -0.15) is 0 Å². The van der Waals surface area contributed by atoms with Crippen LogP contribution < -0.4 is 0 Å². The average molecular weight is 250 g/mol. The van der Waals surface area contributed by atoms with E-state index in [4.69, 9.17) is 0 Å². The van der Waals surface area contributed by atoms with E-state index in [1.807, 2.05) is 0 Å². The fourth-order valence-corrected chi connectivity index (χ4v) is 2.60. The number of hydrogen-bond donors (Lipinski definition) is 0. The summed E-state index contributed by atoms with van der Waals surface area (Å²) in [5, 5.41) is 0. The van der Waals surface area contributed by atoms with E-state index in [9.17, 15) is 13.0 Å². The summed E-state index contributed by atoms with van der Waals surface area (Å²) in [6.07, 6.45) is 1.32. The first-order chi connectivity index (χ1) is 7.31. The molecular formula is C10H22N2O3S. The Morgan fingerprint density at radius 3 is 2.31 bits per heavy atom. The van der Waals surface area contributed by atoms with Crippen LogP contribution in [0.3, 0.4) is 0 Å². The van der Waals surface area contributed by atoms with E-state index in [0.717, 1.165) is 43.6 Å². The predicted molar refractivity (Wildman–Crippen MR) is 62.1 cm³/mol. The van der Waals surface area contributed by atoms with Crippen molar-refractivity contribution >= 4 is 10.1 Å². The van der Waals surface area contributed by atoms with Gasteiger partial charge in [0.15, 0.2) is 0 Å².